The fourth-order valence-electron chi connectivity index (χ4n) is 3.25. The molecule has 134 valence electrons. The molecule has 0 bridgehead atoms. The Morgan fingerprint density at radius 2 is 1.96 bits per heavy atom. The molecule has 1 heterocycles. The molecule has 3 rings (SSSR count). The molecular formula is C21H21BrN2O2. The fourth-order valence-corrected chi connectivity index (χ4v) is 3.67. The van der Waals surface area contributed by atoms with Crippen molar-refractivity contribution in [3.8, 4) is 0 Å². The first-order valence-corrected chi connectivity index (χ1v) is 9.36. The molecule has 26 heavy (non-hydrogen) atoms. The van der Waals surface area contributed by atoms with Crippen LogP contribution < -0.4 is 5.32 Å². The Morgan fingerprint density at radius 1 is 1.19 bits per heavy atom. The highest BCUT2D eigenvalue weighted by molar-refractivity contribution is 9.10. The van der Waals surface area contributed by atoms with Gasteiger partial charge in [-0.25, -0.2) is 0 Å². The number of hydrogen-bond acceptors (Lipinski definition) is 2. The Morgan fingerprint density at radius 3 is 2.69 bits per heavy atom. The Bertz CT molecular complexity index is 863. The Balaban J connectivity index is 1.76. The van der Waals surface area contributed by atoms with E-state index >= 15 is 0 Å². The second-order valence-electron chi connectivity index (χ2n) is 6.44. The van der Waals surface area contributed by atoms with E-state index in [1.165, 1.54) is 6.92 Å². The van der Waals surface area contributed by atoms with Crippen LogP contribution in [0.15, 0.2) is 59.2 Å². The molecule has 0 radical (unpaired) electrons. The van der Waals surface area contributed by atoms with Crippen LogP contribution in [0.25, 0.3) is 6.08 Å². The van der Waals surface area contributed by atoms with Crippen molar-refractivity contribution in [3.05, 3.63) is 75.9 Å². The van der Waals surface area contributed by atoms with Crippen LogP contribution in [-0.2, 0) is 9.59 Å². The van der Waals surface area contributed by atoms with E-state index in [0.717, 1.165) is 21.2 Å². The number of carbonyl (C=O) groups is 2. The predicted molar refractivity (Wildman–Crippen MR) is 106 cm³/mol. The summed E-state index contributed by atoms with van der Waals surface area (Å²) < 4.78 is 0.977. The maximum absolute atomic E-state index is 12.7. The molecule has 1 aliphatic rings. The van der Waals surface area contributed by atoms with E-state index in [1.54, 1.807) is 11.1 Å². The number of nitrogens with one attached hydrogen (secondary N) is 1. The zero-order valence-corrected chi connectivity index (χ0v) is 16.4. The molecule has 0 saturated carbocycles. The third-order valence-corrected chi connectivity index (χ3v) is 5.07. The van der Waals surface area contributed by atoms with Crippen LogP contribution in [0.4, 0.5) is 0 Å². The lowest BCUT2D eigenvalue weighted by Crippen LogP contribution is -2.36. The highest BCUT2D eigenvalue weighted by Crippen LogP contribution is 2.33. The van der Waals surface area contributed by atoms with E-state index in [2.05, 4.69) is 21.2 Å². The highest BCUT2D eigenvalue weighted by atomic mass is 79.9. The lowest BCUT2D eigenvalue weighted by molar-refractivity contribution is -0.130. The molecule has 2 aromatic rings. The molecule has 1 N–H and O–H groups in total. The van der Waals surface area contributed by atoms with Gasteiger partial charge >= 0.3 is 0 Å². The lowest BCUT2D eigenvalue weighted by Gasteiger charge is -2.32. The summed E-state index contributed by atoms with van der Waals surface area (Å²) in [5, 5.41) is 3.04. The number of fused-ring (bicyclic) bond motifs is 1. The number of nitrogens with zero attached hydrogens (tertiary/aromatic N) is 1. The van der Waals surface area contributed by atoms with Gasteiger partial charge in [0.2, 0.25) is 11.8 Å². The number of rotatable bonds is 4. The van der Waals surface area contributed by atoms with E-state index in [-0.39, 0.29) is 30.3 Å². The molecule has 4 nitrogen and oxygen atoms in total. The van der Waals surface area contributed by atoms with E-state index in [4.69, 9.17) is 0 Å². The SMILES string of the molecule is CC(=O)N1C=Cc2ccccc2C1CC(=O)NC(C)c1cccc(Br)c1. The van der Waals surface area contributed by atoms with Crippen LogP contribution in [0.2, 0.25) is 0 Å². The largest absolute Gasteiger partial charge is 0.350 e. The molecule has 0 fully saturated rings. The minimum atomic E-state index is -0.289. The maximum atomic E-state index is 12.7. The van der Waals surface area contributed by atoms with Gasteiger partial charge in [-0.1, -0.05) is 52.3 Å². The van der Waals surface area contributed by atoms with Gasteiger partial charge in [0.1, 0.15) is 0 Å². The minimum Gasteiger partial charge on any atom is -0.350 e. The van der Waals surface area contributed by atoms with Gasteiger partial charge in [0, 0.05) is 17.6 Å². The average Bonchev–Trinajstić information content (AvgIpc) is 2.61. The summed E-state index contributed by atoms with van der Waals surface area (Å²) in [5.41, 5.74) is 3.07. The van der Waals surface area contributed by atoms with Gasteiger partial charge in [0.15, 0.2) is 0 Å². The predicted octanol–water partition coefficient (Wildman–Crippen LogP) is 4.59. The van der Waals surface area contributed by atoms with Gasteiger partial charge < -0.3 is 10.2 Å². The van der Waals surface area contributed by atoms with Crippen molar-refractivity contribution in [2.75, 3.05) is 0 Å². The highest BCUT2D eigenvalue weighted by Gasteiger charge is 2.28. The van der Waals surface area contributed by atoms with Crippen molar-refractivity contribution < 1.29 is 9.59 Å². The number of benzene rings is 2. The standard InChI is InChI=1S/C21H21BrN2O2/c1-14(17-7-5-8-18(22)12-17)23-21(26)13-20-19-9-4-3-6-16(19)10-11-24(20)15(2)25/h3-12,14,20H,13H2,1-2H3,(H,23,26). The number of carbonyl (C=O) groups excluding carboxylic acids is 2. The smallest absolute Gasteiger partial charge is 0.223 e. The Labute approximate surface area is 162 Å². The third kappa shape index (κ3) is 4.05. The Kier molecular flexibility index (Phi) is 5.57. The lowest BCUT2D eigenvalue weighted by atomic mass is 9.93. The van der Waals surface area contributed by atoms with Crippen LogP contribution in [-0.4, -0.2) is 16.7 Å². The van der Waals surface area contributed by atoms with Crippen LogP contribution >= 0.6 is 15.9 Å². The summed E-state index contributed by atoms with van der Waals surface area (Å²) in [6.45, 7) is 3.48. The van der Waals surface area contributed by atoms with E-state index in [0.29, 0.717) is 0 Å². The first kappa shape index (κ1) is 18.4. The molecular weight excluding hydrogens is 392 g/mol. The Hall–Kier alpha value is -2.40. The molecule has 1 aliphatic heterocycles. The van der Waals surface area contributed by atoms with E-state index in [9.17, 15) is 9.59 Å². The van der Waals surface area contributed by atoms with Gasteiger partial charge in [0.05, 0.1) is 18.5 Å². The fraction of sp³-hybridized carbons (Fsp3) is 0.238. The monoisotopic (exact) mass is 412 g/mol. The number of hydrogen-bond donors (Lipinski definition) is 1. The third-order valence-electron chi connectivity index (χ3n) is 4.57. The second kappa shape index (κ2) is 7.87. The van der Waals surface area contributed by atoms with Crippen LogP contribution in [0, 0.1) is 0 Å². The van der Waals surface area contributed by atoms with E-state index in [1.807, 2.05) is 61.5 Å². The summed E-state index contributed by atoms with van der Waals surface area (Å²) in [7, 11) is 0. The zero-order chi connectivity index (χ0) is 18.7. The van der Waals surface area contributed by atoms with Gasteiger partial charge in [-0.3, -0.25) is 9.59 Å². The topological polar surface area (TPSA) is 49.4 Å². The molecule has 0 saturated heterocycles. The second-order valence-corrected chi connectivity index (χ2v) is 7.35. The summed E-state index contributed by atoms with van der Waals surface area (Å²) >= 11 is 3.45. The molecule has 0 aromatic heterocycles. The minimum absolute atomic E-state index is 0.0754. The zero-order valence-electron chi connectivity index (χ0n) is 14.8. The summed E-state index contributed by atoms with van der Waals surface area (Å²) in [5.74, 6) is -0.160. The van der Waals surface area contributed by atoms with Crippen LogP contribution in [0.5, 0.6) is 0 Å². The van der Waals surface area contributed by atoms with Gasteiger partial charge in [-0.15, -0.1) is 0 Å². The van der Waals surface area contributed by atoms with Crippen molar-refractivity contribution in [2.45, 2.75) is 32.4 Å². The quantitative estimate of drug-likeness (QED) is 0.797. The van der Waals surface area contributed by atoms with Crippen molar-refractivity contribution >= 4 is 33.8 Å². The number of halogens is 1. The molecule has 2 aromatic carbocycles. The van der Waals surface area contributed by atoms with Gasteiger partial charge in [0.25, 0.3) is 0 Å². The van der Waals surface area contributed by atoms with Crippen molar-refractivity contribution in [1.82, 2.24) is 10.2 Å². The van der Waals surface area contributed by atoms with Crippen molar-refractivity contribution in [3.63, 3.8) is 0 Å². The molecule has 0 spiro atoms. The van der Waals surface area contributed by atoms with Crippen LogP contribution in [0.3, 0.4) is 0 Å². The molecule has 2 amide bonds. The normalized spacial score (nSPS) is 16.7. The van der Waals surface area contributed by atoms with Gasteiger partial charge in [-0.2, -0.15) is 0 Å². The first-order chi connectivity index (χ1) is 12.5. The molecule has 0 aliphatic carbocycles. The van der Waals surface area contributed by atoms with Crippen molar-refractivity contribution in [2.24, 2.45) is 0 Å². The maximum Gasteiger partial charge on any atom is 0.223 e. The average molecular weight is 413 g/mol. The molecule has 2 atom stereocenters. The van der Waals surface area contributed by atoms with E-state index < -0.39 is 0 Å². The van der Waals surface area contributed by atoms with Crippen LogP contribution in [0.1, 0.15) is 49.0 Å². The summed E-state index contributed by atoms with van der Waals surface area (Å²) in [6.07, 6.45) is 3.90. The number of amides is 2. The van der Waals surface area contributed by atoms with Crippen molar-refractivity contribution in [1.29, 1.82) is 0 Å². The summed E-state index contributed by atoms with van der Waals surface area (Å²) in [6, 6.07) is 15.3. The molecule has 2 unspecified atom stereocenters. The summed E-state index contributed by atoms with van der Waals surface area (Å²) in [4.78, 5) is 26.3. The first-order valence-electron chi connectivity index (χ1n) is 8.56. The van der Waals surface area contributed by atoms with Gasteiger partial charge in [-0.05, 0) is 41.8 Å². The molecule has 5 heteroatoms.